The van der Waals surface area contributed by atoms with Crippen LogP contribution in [0.25, 0.3) is 0 Å². The van der Waals surface area contributed by atoms with Crippen LogP contribution in [0.15, 0.2) is 27.6 Å². The van der Waals surface area contributed by atoms with Crippen molar-refractivity contribution in [3.8, 4) is 0 Å². The highest BCUT2D eigenvalue weighted by Crippen LogP contribution is 2.23. The summed E-state index contributed by atoms with van der Waals surface area (Å²) in [4.78, 5) is 0.310. The maximum Gasteiger partial charge on any atom is 0.241 e. The molecule has 20 heavy (non-hydrogen) atoms. The Morgan fingerprint density at radius 3 is 2.55 bits per heavy atom. The molecule has 1 aromatic rings. The van der Waals surface area contributed by atoms with E-state index in [1.807, 2.05) is 13.0 Å². The summed E-state index contributed by atoms with van der Waals surface area (Å²) >= 11 is 3.32. The van der Waals surface area contributed by atoms with E-state index in [2.05, 4.69) is 32.9 Å². The molecule has 0 bridgehead atoms. The Morgan fingerprint density at radius 2 is 1.90 bits per heavy atom. The predicted molar refractivity (Wildman–Crippen MR) is 86.2 cm³/mol. The summed E-state index contributed by atoms with van der Waals surface area (Å²) in [6.07, 6.45) is 2.86. The maximum atomic E-state index is 12.2. The second kappa shape index (κ2) is 8.77. The van der Waals surface area contributed by atoms with Gasteiger partial charge in [-0.15, -0.1) is 0 Å². The summed E-state index contributed by atoms with van der Waals surface area (Å²) < 4.78 is 27.7. The van der Waals surface area contributed by atoms with E-state index in [1.54, 1.807) is 12.1 Å². The van der Waals surface area contributed by atoms with Crippen LogP contribution >= 0.6 is 15.9 Å². The van der Waals surface area contributed by atoms with Crippen LogP contribution in [0.2, 0.25) is 0 Å². The molecule has 4 nitrogen and oxygen atoms in total. The van der Waals surface area contributed by atoms with Crippen molar-refractivity contribution in [1.29, 1.82) is 0 Å². The van der Waals surface area contributed by atoms with Crippen molar-refractivity contribution in [2.24, 2.45) is 0 Å². The zero-order valence-electron chi connectivity index (χ0n) is 12.1. The monoisotopic (exact) mass is 362 g/mol. The second-order valence-electron chi connectivity index (χ2n) is 4.69. The SMILES string of the molecule is CCCCNS(=O)(=O)c1cc(CNCCC)ccc1Br. The number of hydrogen-bond acceptors (Lipinski definition) is 3. The molecule has 0 unspecified atom stereocenters. The average molecular weight is 363 g/mol. The van der Waals surface area contributed by atoms with Gasteiger partial charge in [-0.2, -0.15) is 0 Å². The summed E-state index contributed by atoms with van der Waals surface area (Å²) in [5, 5.41) is 3.27. The highest BCUT2D eigenvalue weighted by molar-refractivity contribution is 9.10. The molecular weight excluding hydrogens is 340 g/mol. The van der Waals surface area contributed by atoms with E-state index in [1.165, 1.54) is 0 Å². The first-order chi connectivity index (χ1) is 9.51. The summed E-state index contributed by atoms with van der Waals surface area (Å²) in [6.45, 7) is 6.21. The fourth-order valence-corrected chi connectivity index (χ4v) is 3.82. The van der Waals surface area contributed by atoms with Crippen molar-refractivity contribution in [2.75, 3.05) is 13.1 Å². The minimum Gasteiger partial charge on any atom is -0.313 e. The molecule has 0 radical (unpaired) electrons. The van der Waals surface area contributed by atoms with Gasteiger partial charge >= 0.3 is 0 Å². The van der Waals surface area contributed by atoms with Crippen LogP contribution in [0.1, 0.15) is 38.7 Å². The maximum absolute atomic E-state index is 12.2. The molecule has 0 amide bonds. The van der Waals surface area contributed by atoms with Crippen molar-refractivity contribution >= 4 is 26.0 Å². The highest BCUT2D eigenvalue weighted by Gasteiger charge is 2.17. The van der Waals surface area contributed by atoms with Gasteiger partial charge in [0.2, 0.25) is 10.0 Å². The van der Waals surface area contributed by atoms with E-state index in [4.69, 9.17) is 0 Å². The minimum absolute atomic E-state index is 0.310. The first-order valence-electron chi connectivity index (χ1n) is 7.00. The minimum atomic E-state index is -3.44. The van der Waals surface area contributed by atoms with Crippen LogP contribution in [0, 0.1) is 0 Å². The fourth-order valence-electron chi connectivity index (χ4n) is 1.73. The van der Waals surface area contributed by atoms with Crippen LogP contribution < -0.4 is 10.0 Å². The lowest BCUT2D eigenvalue weighted by atomic mass is 10.2. The number of halogens is 1. The zero-order chi connectivity index (χ0) is 15.0. The van der Waals surface area contributed by atoms with Crippen LogP contribution in [0.5, 0.6) is 0 Å². The molecule has 0 aliphatic carbocycles. The first kappa shape index (κ1) is 17.6. The molecular formula is C14H23BrN2O2S. The van der Waals surface area contributed by atoms with Crippen molar-refractivity contribution in [2.45, 2.75) is 44.6 Å². The molecule has 0 heterocycles. The van der Waals surface area contributed by atoms with Gasteiger partial charge in [-0.3, -0.25) is 0 Å². The van der Waals surface area contributed by atoms with Crippen LogP contribution in [0.3, 0.4) is 0 Å². The molecule has 0 aliphatic rings. The summed E-state index contributed by atoms with van der Waals surface area (Å²) in [5.74, 6) is 0. The topological polar surface area (TPSA) is 58.2 Å². The van der Waals surface area contributed by atoms with Gasteiger partial charge in [0.15, 0.2) is 0 Å². The molecule has 6 heteroatoms. The predicted octanol–water partition coefficient (Wildman–Crippen LogP) is 3.03. The standard InChI is InChI=1S/C14H23BrN2O2S/c1-3-5-9-17-20(18,19)14-10-12(6-7-13(14)15)11-16-8-4-2/h6-7,10,16-17H,3-5,8-9,11H2,1-2H3. The number of unbranched alkanes of at least 4 members (excludes halogenated alkanes) is 1. The zero-order valence-corrected chi connectivity index (χ0v) is 14.5. The Balaban J connectivity index is 2.84. The highest BCUT2D eigenvalue weighted by atomic mass is 79.9. The average Bonchev–Trinajstić information content (AvgIpc) is 2.41. The molecule has 0 fully saturated rings. The Bertz CT molecular complexity index is 518. The quantitative estimate of drug-likeness (QED) is 0.663. The molecule has 0 atom stereocenters. The van der Waals surface area contributed by atoms with Crippen molar-refractivity contribution in [3.63, 3.8) is 0 Å². The van der Waals surface area contributed by atoms with Gasteiger partial charge in [-0.1, -0.05) is 26.3 Å². The Labute approximate surface area is 130 Å². The third kappa shape index (κ3) is 5.52. The van der Waals surface area contributed by atoms with Crippen molar-refractivity contribution in [1.82, 2.24) is 10.0 Å². The number of hydrogen-bond donors (Lipinski definition) is 2. The largest absolute Gasteiger partial charge is 0.313 e. The molecule has 0 saturated carbocycles. The van der Waals surface area contributed by atoms with Crippen molar-refractivity contribution in [3.05, 3.63) is 28.2 Å². The van der Waals surface area contributed by atoms with E-state index in [9.17, 15) is 8.42 Å². The molecule has 0 spiro atoms. The lowest BCUT2D eigenvalue weighted by Crippen LogP contribution is -2.25. The van der Waals surface area contributed by atoms with Gasteiger partial charge in [-0.25, -0.2) is 13.1 Å². The lowest BCUT2D eigenvalue weighted by Gasteiger charge is -2.10. The number of sulfonamides is 1. The van der Waals surface area contributed by atoms with Crippen LogP contribution in [-0.2, 0) is 16.6 Å². The normalized spacial score (nSPS) is 11.8. The molecule has 0 saturated heterocycles. The summed E-state index contributed by atoms with van der Waals surface area (Å²) in [5.41, 5.74) is 0.970. The van der Waals surface area contributed by atoms with Crippen LogP contribution in [-0.4, -0.2) is 21.5 Å². The van der Waals surface area contributed by atoms with Crippen molar-refractivity contribution < 1.29 is 8.42 Å². The third-order valence-electron chi connectivity index (χ3n) is 2.86. The second-order valence-corrected chi connectivity index (χ2v) is 7.28. The van der Waals surface area contributed by atoms with E-state index in [0.29, 0.717) is 22.5 Å². The van der Waals surface area contributed by atoms with Gasteiger partial charge in [0.05, 0.1) is 4.90 Å². The first-order valence-corrected chi connectivity index (χ1v) is 9.27. The van der Waals surface area contributed by atoms with E-state index < -0.39 is 10.0 Å². The van der Waals surface area contributed by atoms with Gasteiger partial charge in [0.25, 0.3) is 0 Å². The van der Waals surface area contributed by atoms with E-state index in [0.717, 1.165) is 31.4 Å². The molecule has 114 valence electrons. The number of nitrogens with one attached hydrogen (secondary N) is 2. The smallest absolute Gasteiger partial charge is 0.241 e. The lowest BCUT2D eigenvalue weighted by molar-refractivity contribution is 0.577. The van der Waals surface area contributed by atoms with E-state index >= 15 is 0 Å². The fraction of sp³-hybridized carbons (Fsp3) is 0.571. The van der Waals surface area contributed by atoms with Gasteiger partial charge in [0, 0.05) is 17.6 Å². The van der Waals surface area contributed by atoms with Crippen LogP contribution in [0.4, 0.5) is 0 Å². The molecule has 1 rings (SSSR count). The Hall–Kier alpha value is -0.430. The van der Waals surface area contributed by atoms with Gasteiger partial charge in [0.1, 0.15) is 0 Å². The molecule has 0 aliphatic heterocycles. The third-order valence-corrected chi connectivity index (χ3v) is 5.32. The Kier molecular flexibility index (Phi) is 7.72. The summed E-state index contributed by atoms with van der Waals surface area (Å²) in [7, 11) is -3.44. The molecule has 1 aromatic carbocycles. The Morgan fingerprint density at radius 1 is 1.15 bits per heavy atom. The van der Waals surface area contributed by atoms with E-state index in [-0.39, 0.29) is 0 Å². The number of benzene rings is 1. The molecule has 2 N–H and O–H groups in total. The van der Waals surface area contributed by atoms with Gasteiger partial charge < -0.3 is 5.32 Å². The summed E-state index contributed by atoms with van der Waals surface area (Å²) in [6, 6.07) is 5.44. The van der Waals surface area contributed by atoms with Gasteiger partial charge in [-0.05, 0) is 53.0 Å². The molecule has 0 aromatic heterocycles. The number of rotatable bonds is 9.